The highest BCUT2D eigenvalue weighted by Gasteiger charge is 2.57. The van der Waals surface area contributed by atoms with Crippen LogP contribution in [0.1, 0.15) is 109 Å². The number of fused-ring (bicyclic) bond motifs is 5. The fourth-order valence-electron chi connectivity index (χ4n) is 11.5. The molecule has 7 aliphatic carbocycles. The average Bonchev–Trinajstić information content (AvgIpc) is 3.12. The summed E-state index contributed by atoms with van der Waals surface area (Å²) in [5.74, 6) is 3.20. The predicted octanol–water partition coefficient (Wildman–Crippen LogP) is 11.2. The molecule has 0 N–H and O–H groups in total. The molecule has 3 atom stereocenters. The second-order valence-corrected chi connectivity index (χ2v) is 14.6. The molecule has 216 valence electrons. The lowest BCUT2D eigenvalue weighted by molar-refractivity contribution is 0.341. The van der Waals surface area contributed by atoms with Gasteiger partial charge in [0, 0.05) is 35.5 Å². The van der Waals surface area contributed by atoms with Crippen molar-refractivity contribution in [1.82, 2.24) is 0 Å². The summed E-state index contributed by atoms with van der Waals surface area (Å²) in [7, 11) is 0. The molecule has 0 amide bonds. The summed E-state index contributed by atoms with van der Waals surface area (Å²) in [5.41, 5.74) is 17.4. The highest BCUT2D eigenvalue weighted by Crippen LogP contribution is 2.72. The van der Waals surface area contributed by atoms with E-state index in [0.717, 1.165) is 0 Å². The molecule has 0 heterocycles. The molecule has 0 radical (unpaired) electrons. The van der Waals surface area contributed by atoms with Crippen molar-refractivity contribution in [2.24, 2.45) is 0 Å². The Morgan fingerprint density at radius 3 is 1.48 bits per heavy atom. The molecule has 3 unspecified atom stereocenters. The molecule has 0 nitrogen and oxygen atoms in total. The summed E-state index contributed by atoms with van der Waals surface area (Å²) in [6.07, 6.45) is 1.18. The topological polar surface area (TPSA) is 0 Å². The van der Waals surface area contributed by atoms with E-state index in [1.807, 2.05) is 0 Å². The minimum Gasteiger partial charge on any atom is -0.0620 e. The van der Waals surface area contributed by atoms with Crippen LogP contribution in [-0.4, -0.2) is 0 Å². The van der Waals surface area contributed by atoms with Gasteiger partial charge in [-0.3, -0.25) is 0 Å². The van der Waals surface area contributed by atoms with Gasteiger partial charge in [0.1, 0.15) is 0 Å². The third-order valence-corrected chi connectivity index (χ3v) is 12.9. The SMILES string of the molecule is c1ccc2c(c1)C1CC(c3c4ccccc4cc4ccc5c(c34)C3C4c6ccccc6C(c6ccccc64)C53)C2c2ccccc21. The first-order chi connectivity index (χ1) is 22.9. The van der Waals surface area contributed by atoms with Crippen LogP contribution in [-0.2, 0) is 0 Å². The Morgan fingerprint density at radius 2 is 0.870 bits per heavy atom. The van der Waals surface area contributed by atoms with Gasteiger partial charge in [-0.2, -0.15) is 0 Å². The van der Waals surface area contributed by atoms with Crippen LogP contribution in [0.2, 0.25) is 0 Å². The van der Waals surface area contributed by atoms with Crippen molar-refractivity contribution < 1.29 is 0 Å². The zero-order valence-corrected chi connectivity index (χ0v) is 25.5. The second-order valence-electron chi connectivity index (χ2n) is 14.6. The molecule has 46 heavy (non-hydrogen) atoms. The smallest absolute Gasteiger partial charge is 0.0170 e. The van der Waals surface area contributed by atoms with E-state index < -0.39 is 0 Å². The number of hydrogen-bond acceptors (Lipinski definition) is 0. The minimum absolute atomic E-state index is 0.377. The third-order valence-electron chi connectivity index (χ3n) is 12.9. The molecule has 4 bridgehead atoms. The second kappa shape index (κ2) is 8.45. The zero-order chi connectivity index (χ0) is 29.7. The van der Waals surface area contributed by atoms with Crippen LogP contribution in [0.25, 0.3) is 21.5 Å². The average molecular weight is 585 g/mol. The molecule has 14 rings (SSSR count). The Morgan fingerprint density at radius 1 is 0.370 bits per heavy atom. The van der Waals surface area contributed by atoms with Gasteiger partial charge in [0.25, 0.3) is 0 Å². The molecule has 7 aromatic carbocycles. The van der Waals surface area contributed by atoms with Crippen molar-refractivity contribution in [3.63, 3.8) is 0 Å². The number of rotatable bonds is 1. The van der Waals surface area contributed by atoms with E-state index in [1.54, 1.807) is 66.6 Å². The standard InChI is InChI=1S/C46H32/c1-2-12-27-25(11-1)23-26-21-22-36-44(46-43-34-19-9-7-17-32(34)42(45(36)46)33-18-8-10-20-35(33)43)39(26)41(27)38-24-37-28-13-3-5-15-30(28)40(38)31-16-6-4-14-29(31)37/h1-23,37-38,40,42-43,45-46H,24H2. The maximum atomic E-state index is 2.51. The third kappa shape index (κ3) is 2.76. The van der Waals surface area contributed by atoms with Crippen LogP contribution in [0, 0.1) is 0 Å². The maximum Gasteiger partial charge on any atom is 0.0170 e. The molecule has 0 saturated heterocycles. The van der Waals surface area contributed by atoms with Crippen molar-refractivity contribution in [3.8, 4) is 0 Å². The largest absolute Gasteiger partial charge is 0.0620 e. The van der Waals surface area contributed by atoms with Gasteiger partial charge in [-0.05, 0) is 101 Å². The first kappa shape index (κ1) is 24.3. The van der Waals surface area contributed by atoms with E-state index in [0.29, 0.717) is 41.4 Å². The fraction of sp³-hybridized carbons (Fsp3) is 0.174. The molecule has 0 spiro atoms. The van der Waals surface area contributed by atoms with Gasteiger partial charge in [0.05, 0.1) is 0 Å². The van der Waals surface area contributed by atoms with Crippen LogP contribution in [0.3, 0.4) is 0 Å². The fourth-order valence-corrected chi connectivity index (χ4v) is 11.5. The van der Waals surface area contributed by atoms with Crippen LogP contribution < -0.4 is 0 Å². The van der Waals surface area contributed by atoms with Gasteiger partial charge in [0.2, 0.25) is 0 Å². The van der Waals surface area contributed by atoms with E-state index in [1.165, 1.54) is 22.6 Å². The Kier molecular flexibility index (Phi) is 4.46. The predicted molar refractivity (Wildman–Crippen MR) is 187 cm³/mol. The summed E-state index contributed by atoms with van der Waals surface area (Å²) in [4.78, 5) is 0. The lowest BCUT2D eigenvalue weighted by Crippen LogP contribution is -2.43. The van der Waals surface area contributed by atoms with E-state index >= 15 is 0 Å². The lowest BCUT2D eigenvalue weighted by atomic mass is 9.45. The van der Waals surface area contributed by atoms with Crippen molar-refractivity contribution in [2.75, 3.05) is 0 Å². The Labute approximate surface area is 269 Å². The molecular weight excluding hydrogens is 553 g/mol. The molecular formula is C46H32. The normalized spacial score (nSPS) is 26.8. The van der Waals surface area contributed by atoms with Crippen molar-refractivity contribution >= 4 is 21.5 Å². The molecule has 0 aromatic heterocycles. The van der Waals surface area contributed by atoms with Gasteiger partial charge in [0.15, 0.2) is 0 Å². The first-order valence-electron chi connectivity index (χ1n) is 17.2. The number of hydrogen-bond donors (Lipinski definition) is 0. The minimum atomic E-state index is 0.377. The Balaban J connectivity index is 1.16. The molecule has 0 aliphatic heterocycles. The molecule has 7 aliphatic rings. The van der Waals surface area contributed by atoms with Gasteiger partial charge in [-0.15, -0.1) is 0 Å². The van der Waals surface area contributed by atoms with Crippen molar-refractivity contribution in [3.05, 3.63) is 201 Å². The van der Waals surface area contributed by atoms with Crippen LogP contribution >= 0.6 is 0 Å². The highest BCUT2D eigenvalue weighted by molar-refractivity contribution is 6.06. The summed E-state index contributed by atoms with van der Waals surface area (Å²) in [6, 6.07) is 54.3. The monoisotopic (exact) mass is 584 g/mol. The van der Waals surface area contributed by atoms with E-state index in [-0.39, 0.29) is 0 Å². The quantitative estimate of drug-likeness (QED) is 0.168. The van der Waals surface area contributed by atoms with Crippen LogP contribution in [0.5, 0.6) is 0 Å². The maximum absolute atomic E-state index is 2.51. The highest BCUT2D eigenvalue weighted by atomic mass is 14.6. The first-order valence-corrected chi connectivity index (χ1v) is 17.2. The molecule has 0 fully saturated rings. The zero-order valence-electron chi connectivity index (χ0n) is 25.5. The van der Waals surface area contributed by atoms with Gasteiger partial charge < -0.3 is 0 Å². The summed E-state index contributed by atoms with van der Waals surface area (Å²) in [6.45, 7) is 0. The molecule has 7 aromatic rings. The lowest BCUT2D eigenvalue weighted by Gasteiger charge is -2.58. The number of benzene rings is 7. The van der Waals surface area contributed by atoms with Crippen LogP contribution in [0.15, 0.2) is 140 Å². The van der Waals surface area contributed by atoms with Gasteiger partial charge >= 0.3 is 0 Å². The van der Waals surface area contributed by atoms with Crippen molar-refractivity contribution in [1.29, 1.82) is 0 Å². The molecule has 0 saturated carbocycles. The Bertz CT molecular complexity index is 2370. The molecule has 0 heteroatoms. The summed E-state index contributed by atoms with van der Waals surface area (Å²) >= 11 is 0. The Hall–Kier alpha value is -4.94. The van der Waals surface area contributed by atoms with E-state index in [4.69, 9.17) is 0 Å². The van der Waals surface area contributed by atoms with Gasteiger partial charge in [-0.25, -0.2) is 0 Å². The summed E-state index contributed by atoms with van der Waals surface area (Å²) < 4.78 is 0. The van der Waals surface area contributed by atoms with Crippen LogP contribution in [0.4, 0.5) is 0 Å². The summed E-state index contributed by atoms with van der Waals surface area (Å²) in [5, 5.41) is 5.84. The van der Waals surface area contributed by atoms with Crippen molar-refractivity contribution in [2.45, 2.75) is 47.8 Å². The van der Waals surface area contributed by atoms with E-state index in [2.05, 4.69) is 140 Å². The van der Waals surface area contributed by atoms with Gasteiger partial charge in [-0.1, -0.05) is 133 Å². The van der Waals surface area contributed by atoms with E-state index in [9.17, 15) is 0 Å².